The molecule has 1 saturated heterocycles. The van der Waals surface area contributed by atoms with E-state index in [9.17, 15) is 4.79 Å². The lowest BCUT2D eigenvalue weighted by Crippen LogP contribution is -2.39. The van der Waals surface area contributed by atoms with Crippen molar-refractivity contribution in [1.82, 2.24) is 10.2 Å². The second-order valence-electron chi connectivity index (χ2n) is 5.59. The van der Waals surface area contributed by atoms with Crippen LogP contribution in [0.2, 0.25) is 0 Å². The number of nitrogens with one attached hydrogen (secondary N) is 1. The van der Waals surface area contributed by atoms with Crippen molar-refractivity contribution >= 4 is 22.4 Å². The van der Waals surface area contributed by atoms with E-state index in [0.717, 1.165) is 12.0 Å². The minimum absolute atomic E-state index is 0.194. The van der Waals surface area contributed by atoms with Gasteiger partial charge in [-0.1, -0.05) is 17.4 Å². The van der Waals surface area contributed by atoms with Crippen LogP contribution in [0.1, 0.15) is 19.8 Å². The van der Waals surface area contributed by atoms with Crippen LogP contribution < -0.4 is 14.8 Å². The van der Waals surface area contributed by atoms with Gasteiger partial charge in [-0.2, -0.15) is 0 Å². The van der Waals surface area contributed by atoms with E-state index < -0.39 is 5.60 Å². The van der Waals surface area contributed by atoms with E-state index in [2.05, 4.69) is 15.5 Å². The minimum Gasteiger partial charge on any atom is -0.493 e. The largest absolute Gasteiger partial charge is 0.493 e. The number of aromatic nitrogens is 2. The number of methoxy groups -OCH3 is 2. The van der Waals surface area contributed by atoms with E-state index in [4.69, 9.17) is 14.2 Å². The molecule has 0 aliphatic carbocycles. The highest BCUT2D eigenvalue weighted by Crippen LogP contribution is 2.39. The molecule has 128 valence electrons. The summed E-state index contributed by atoms with van der Waals surface area (Å²) < 4.78 is 16.3. The molecule has 0 unspecified atom stereocenters. The van der Waals surface area contributed by atoms with Crippen molar-refractivity contribution < 1.29 is 19.0 Å². The topological polar surface area (TPSA) is 82.6 Å². The van der Waals surface area contributed by atoms with Gasteiger partial charge in [0, 0.05) is 6.61 Å². The molecule has 1 aromatic heterocycles. The van der Waals surface area contributed by atoms with Gasteiger partial charge in [0.15, 0.2) is 16.5 Å². The maximum Gasteiger partial charge on any atom is 0.258 e. The van der Waals surface area contributed by atoms with Crippen molar-refractivity contribution in [1.29, 1.82) is 0 Å². The van der Waals surface area contributed by atoms with Crippen LogP contribution in [0.3, 0.4) is 0 Å². The highest BCUT2D eigenvalue weighted by atomic mass is 32.1. The zero-order valence-corrected chi connectivity index (χ0v) is 14.6. The predicted molar refractivity (Wildman–Crippen MR) is 90.7 cm³/mol. The van der Waals surface area contributed by atoms with Crippen LogP contribution in [0.25, 0.3) is 10.6 Å². The van der Waals surface area contributed by atoms with E-state index in [-0.39, 0.29) is 5.91 Å². The molecule has 1 N–H and O–H groups in total. The van der Waals surface area contributed by atoms with Crippen LogP contribution in [0.4, 0.5) is 5.13 Å². The number of carbonyl (C=O) groups excluding carboxylic acids is 1. The van der Waals surface area contributed by atoms with Gasteiger partial charge in [-0.25, -0.2) is 0 Å². The Bertz CT molecular complexity index is 741. The second kappa shape index (κ2) is 6.74. The zero-order chi connectivity index (χ0) is 17.2. The smallest absolute Gasteiger partial charge is 0.258 e. The lowest BCUT2D eigenvalue weighted by molar-refractivity contribution is -0.133. The molecule has 1 aromatic carbocycles. The average molecular weight is 349 g/mol. The number of para-hydroxylation sites is 1. The molecule has 0 radical (unpaired) electrons. The fraction of sp³-hybridized carbons (Fsp3) is 0.438. The summed E-state index contributed by atoms with van der Waals surface area (Å²) in [5.74, 6) is 1.00. The number of amides is 1. The Morgan fingerprint density at radius 3 is 2.83 bits per heavy atom. The Morgan fingerprint density at radius 1 is 1.33 bits per heavy atom. The third kappa shape index (κ3) is 3.07. The van der Waals surface area contributed by atoms with E-state index in [1.807, 2.05) is 18.2 Å². The van der Waals surface area contributed by atoms with Crippen molar-refractivity contribution in [2.75, 3.05) is 26.1 Å². The van der Waals surface area contributed by atoms with Crippen LogP contribution in [0, 0.1) is 0 Å². The van der Waals surface area contributed by atoms with Gasteiger partial charge in [-0.15, -0.1) is 10.2 Å². The third-order valence-electron chi connectivity index (χ3n) is 3.98. The molecule has 1 atom stereocenters. The highest BCUT2D eigenvalue weighted by molar-refractivity contribution is 7.18. The number of hydrogen-bond donors (Lipinski definition) is 1. The van der Waals surface area contributed by atoms with E-state index >= 15 is 0 Å². The molecule has 1 aliphatic heterocycles. The number of carbonyl (C=O) groups is 1. The summed E-state index contributed by atoms with van der Waals surface area (Å²) in [5.41, 5.74) is -0.0300. The summed E-state index contributed by atoms with van der Waals surface area (Å²) in [7, 11) is 3.15. The Kier molecular flexibility index (Phi) is 4.68. The Labute approximate surface area is 144 Å². The molecule has 0 bridgehead atoms. The summed E-state index contributed by atoms with van der Waals surface area (Å²) in [6, 6.07) is 5.53. The molecule has 24 heavy (non-hydrogen) atoms. The van der Waals surface area contributed by atoms with Crippen molar-refractivity contribution in [3.8, 4) is 22.1 Å². The van der Waals surface area contributed by atoms with Gasteiger partial charge in [0.1, 0.15) is 5.60 Å². The Balaban J connectivity index is 1.82. The van der Waals surface area contributed by atoms with Crippen LogP contribution in [-0.4, -0.2) is 42.5 Å². The Hall–Kier alpha value is -2.19. The van der Waals surface area contributed by atoms with Gasteiger partial charge in [-0.3, -0.25) is 10.1 Å². The second-order valence-corrected chi connectivity index (χ2v) is 6.57. The van der Waals surface area contributed by atoms with Crippen LogP contribution >= 0.6 is 11.3 Å². The maximum absolute atomic E-state index is 12.4. The highest BCUT2D eigenvalue weighted by Gasteiger charge is 2.38. The SMILES string of the molecule is COc1cccc(-c2nnc(NC(=O)[C@]3(C)CCCO3)s2)c1OC. The standard InChI is InChI=1S/C16H19N3O4S/c1-16(8-5-9-23-16)14(20)17-15-19-18-13(24-15)10-6-4-7-11(21-2)12(10)22-3/h4,6-7H,5,8-9H2,1-3H3,(H,17,19,20)/t16-/m0/s1. The van der Waals surface area contributed by atoms with E-state index in [0.29, 0.717) is 34.7 Å². The minimum atomic E-state index is -0.792. The molecule has 1 fully saturated rings. The molecule has 1 aliphatic rings. The number of nitrogens with zero attached hydrogens (tertiary/aromatic N) is 2. The van der Waals surface area contributed by atoms with Gasteiger partial charge in [-0.05, 0) is 31.9 Å². The first-order valence-corrected chi connectivity index (χ1v) is 8.39. The van der Waals surface area contributed by atoms with Gasteiger partial charge in [0.05, 0.1) is 19.8 Å². The van der Waals surface area contributed by atoms with E-state index in [1.54, 1.807) is 21.1 Å². The van der Waals surface area contributed by atoms with Crippen LogP contribution in [0.15, 0.2) is 18.2 Å². The summed E-state index contributed by atoms with van der Waals surface area (Å²) in [5, 5.41) is 12.1. The van der Waals surface area contributed by atoms with Crippen molar-refractivity contribution in [2.45, 2.75) is 25.4 Å². The van der Waals surface area contributed by atoms with E-state index in [1.165, 1.54) is 11.3 Å². The lowest BCUT2D eigenvalue weighted by atomic mass is 10.0. The van der Waals surface area contributed by atoms with Crippen LogP contribution in [0.5, 0.6) is 11.5 Å². The molecule has 2 aromatic rings. The van der Waals surface area contributed by atoms with Crippen molar-refractivity contribution in [2.24, 2.45) is 0 Å². The third-order valence-corrected chi connectivity index (χ3v) is 4.85. The first kappa shape index (κ1) is 16.7. The van der Waals surface area contributed by atoms with Crippen molar-refractivity contribution in [3.05, 3.63) is 18.2 Å². The number of anilines is 1. The summed E-state index contributed by atoms with van der Waals surface area (Å²) in [4.78, 5) is 12.4. The number of benzene rings is 1. The summed E-state index contributed by atoms with van der Waals surface area (Å²) in [6.07, 6.45) is 1.58. The maximum atomic E-state index is 12.4. The summed E-state index contributed by atoms with van der Waals surface area (Å²) >= 11 is 1.28. The van der Waals surface area contributed by atoms with Crippen LogP contribution in [-0.2, 0) is 9.53 Å². The van der Waals surface area contributed by atoms with Crippen molar-refractivity contribution in [3.63, 3.8) is 0 Å². The monoisotopic (exact) mass is 349 g/mol. The first-order valence-electron chi connectivity index (χ1n) is 7.57. The first-order chi connectivity index (χ1) is 11.6. The molecule has 0 saturated carbocycles. The van der Waals surface area contributed by atoms with Gasteiger partial charge in [0.2, 0.25) is 5.13 Å². The average Bonchev–Trinajstić information content (AvgIpc) is 3.24. The quantitative estimate of drug-likeness (QED) is 0.894. The molecular weight excluding hydrogens is 330 g/mol. The fourth-order valence-corrected chi connectivity index (χ4v) is 3.39. The van der Waals surface area contributed by atoms with Gasteiger partial charge >= 0.3 is 0 Å². The van der Waals surface area contributed by atoms with Gasteiger partial charge in [0.25, 0.3) is 5.91 Å². The number of rotatable bonds is 5. The predicted octanol–water partition coefficient (Wildman–Crippen LogP) is 2.73. The Morgan fingerprint density at radius 2 is 2.17 bits per heavy atom. The lowest BCUT2D eigenvalue weighted by Gasteiger charge is -2.20. The van der Waals surface area contributed by atoms with Gasteiger partial charge < -0.3 is 14.2 Å². The summed E-state index contributed by atoms with van der Waals surface area (Å²) in [6.45, 7) is 2.40. The zero-order valence-electron chi connectivity index (χ0n) is 13.8. The molecule has 1 amide bonds. The molecular formula is C16H19N3O4S. The molecule has 2 heterocycles. The normalized spacial score (nSPS) is 20.0. The fourth-order valence-electron chi connectivity index (χ4n) is 2.63. The number of ether oxygens (including phenoxy) is 3. The molecule has 0 spiro atoms. The number of hydrogen-bond acceptors (Lipinski definition) is 7. The molecule has 7 nitrogen and oxygen atoms in total. The molecule has 8 heteroatoms. The molecule has 3 rings (SSSR count).